The molecule has 0 spiro atoms. The normalized spacial score (nSPS) is 11.3. The van der Waals surface area contributed by atoms with Crippen LogP contribution in [0.3, 0.4) is 0 Å². The predicted octanol–water partition coefficient (Wildman–Crippen LogP) is 5.29. The molecule has 9 heteroatoms. The Morgan fingerprint density at radius 2 is 1.71 bits per heavy atom. The van der Waals surface area contributed by atoms with Crippen LogP contribution in [0.5, 0.6) is 0 Å². The highest BCUT2D eigenvalue weighted by molar-refractivity contribution is 7.90. The highest BCUT2D eigenvalue weighted by Gasteiger charge is 2.14. The first-order chi connectivity index (χ1) is 16.9. The van der Waals surface area contributed by atoms with Crippen LogP contribution in [0.2, 0.25) is 0 Å². The van der Waals surface area contributed by atoms with E-state index < -0.39 is 9.84 Å². The number of hydrogen-bond acceptors (Lipinski definition) is 7. The predicted molar refractivity (Wildman–Crippen MR) is 134 cm³/mol. The van der Waals surface area contributed by atoms with Gasteiger partial charge < -0.3 is 15.1 Å². The monoisotopic (exact) mass is 484 g/mol. The number of anilines is 3. The largest absolute Gasteiger partial charge is 0.423 e. The number of oxazole rings is 1. The Morgan fingerprint density at radius 1 is 0.914 bits per heavy atom. The van der Waals surface area contributed by atoms with Gasteiger partial charge in [-0.15, -0.1) is 0 Å². The fourth-order valence-corrected chi connectivity index (χ4v) is 4.25. The van der Waals surface area contributed by atoms with E-state index in [9.17, 15) is 13.2 Å². The van der Waals surface area contributed by atoms with E-state index in [0.717, 1.165) is 17.4 Å². The molecule has 0 aliphatic rings. The van der Waals surface area contributed by atoms with Gasteiger partial charge in [0, 0.05) is 29.3 Å². The average molecular weight is 485 g/mol. The number of benzene rings is 3. The third kappa shape index (κ3) is 4.90. The molecule has 5 rings (SSSR count). The number of hydrogen-bond donors (Lipinski definition) is 2. The Bertz CT molecular complexity index is 1630. The van der Waals surface area contributed by atoms with Crippen molar-refractivity contribution in [2.24, 2.45) is 0 Å². The molecule has 35 heavy (non-hydrogen) atoms. The summed E-state index contributed by atoms with van der Waals surface area (Å²) in [6.07, 6.45) is 2.77. The molecule has 0 saturated carbocycles. The first kappa shape index (κ1) is 22.3. The van der Waals surface area contributed by atoms with Gasteiger partial charge in [0.25, 0.3) is 11.9 Å². The smallest absolute Gasteiger partial charge is 0.300 e. The Hall–Kier alpha value is -4.50. The summed E-state index contributed by atoms with van der Waals surface area (Å²) in [4.78, 5) is 21.3. The number of para-hydroxylation sites is 1. The van der Waals surface area contributed by atoms with Crippen LogP contribution in [0, 0.1) is 0 Å². The highest BCUT2D eigenvalue weighted by atomic mass is 32.2. The topological polar surface area (TPSA) is 114 Å². The van der Waals surface area contributed by atoms with E-state index in [0.29, 0.717) is 28.2 Å². The minimum atomic E-state index is -3.34. The number of fused-ring (bicyclic) bond motifs is 1. The summed E-state index contributed by atoms with van der Waals surface area (Å²) < 4.78 is 29.7. The number of pyridine rings is 1. The molecule has 0 unspecified atom stereocenters. The van der Waals surface area contributed by atoms with Gasteiger partial charge in [-0.3, -0.25) is 4.79 Å². The zero-order chi connectivity index (χ0) is 24.4. The zero-order valence-corrected chi connectivity index (χ0v) is 19.4. The molecule has 0 aliphatic carbocycles. The van der Waals surface area contributed by atoms with E-state index in [1.165, 1.54) is 12.1 Å². The molecule has 0 bridgehead atoms. The van der Waals surface area contributed by atoms with Crippen molar-refractivity contribution in [2.75, 3.05) is 16.9 Å². The van der Waals surface area contributed by atoms with Crippen LogP contribution in [-0.4, -0.2) is 30.5 Å². The molecule has 2 aromatic heterocycles. The van der Waals surface area contributed by atoms with Crippen LogP contribution in [0.15, 0.2) is 100 Å². The molecule has 3 aromatic carbocycles. The van der Waals surface area contributed by atoms with Crippen molar-refractivity contribution in [3.05, 3.63) is 96.7 Å². The third-order valence-corrected chi connectivity index (χ3v) is 6.40. The molecule has 8 nitrogen and oxygen atoms in total. The molecule has 0 radical (unpaired) electrons. The lowest BCUT2D eigenvalue weighted by atomic mass is 10.0. The van der Waals surface area contributed by atoms with Gasteiger partial charge in [-0.1, -0.05) is 36.4 Å². The standard InChI is InChI=1S/C26H20N4O4S/c1-35(32,33)20-7-4-6-19(16-20)28-26-29-22-9-5-8-21(24(22)34-26)17-11-13-18(14-12-17)25(31)30-23-10-2-3-15-27-23/h2-16H,1H3,(H,28,29)(H,27,30,31). The minimum absolute atomic E-state index is 0.200. The fourth-order valence-electron chi connectivity index (χ4n) is 3.58. The SMILES string of the molecule is CS(=O)(=O)c1cccc(Nc2nc3cccc(-c4ccc(C(=O)Nc5ccccn5)cc4)c3o2)c1. The average Bonchev–Trinajstić information content (AvgIpc) is 3.27. The lowest BCUT2D eigenvalue weighted by Crippen LogP contribution is -2.12. The van der Waals surface area contributed by atoms with E-state index in [1.807, 2.05) is 30.3 Å². The van der Waals surface area contributed by atoms with Crippen molar-refractivity contribution in [1.82, 2.24) is 9.97 Å². The first-order valence-electron chi connectivity index (χ1n) is 10.7. The molecule has 1 amide bonds. The van der Waals surface area contributed by atoms with Crippen LogP contribution < -0.4 is 10.6 Å². The van der Waals surface area contributed by atoms with Crippen LogP contribution in [-0.2, 0) is 9.84 Å². The first-order valence-corrected chi connectivity index (χ1v) is 12.6. The maximum absolute atomic E-state index is 12.5. The summed E-state index contributed by atoms with van der Waals surface area (Å²) >= 11 is 0. The molecular formula is C26H20N4O4S. The van der Waals surface area contributed by atoms with Crippen LogP contribution in [0.1, 0.15) is 10.4 Å². The summed E-state index contributed by atoms with van der Waals surface area (Å²) in [5.74, 6) is 0.228. The Labute approximate surface area is 201 Å². The fraction of sp³-hybridized carbons (Fsp3) is 0.0385. The number of amides is 1. The Balaban J connectivity index is 1.40. The quantitative estimate of drug-likeness (QED) is 0.337. The van der Waals surface area contributed by atoms with E-state index in [2.05, 4.69) is 20.6 Å². The van der Waals surface area contributed by atoms with Gasteiger partial charge >= 0.3 is 0 Å². The molecule has 0 saturated heterocycles. The van der Waals surface area contributed by atoms with Crippen LogP contribution in [0.4, 0.5) is 17.5 Å². The van der Waals surface area contributed by atoms with Crippen molar-refractivity contribution in [3.63, 3.8) is 0 Å². The van der Waals surface area contributed by atoms with Crippen molar-refractivity contribution in [2.45, 2.75) is 4.90 Å². The van der Waals surface area contributed by atoms with E-state index in [1.54, 1.807) is 48.7 Å². The minimum Gasteiger partial charge on any atom is -0.423 e. The molecule has 0 aliphatic heterocycles. The molecule has 2 heterocycles. The van der Waals surface area contributed by atoms with Gasteiger partial charge in [-0.25, -0.2) is 13.4 Å². The van der Waals surface area contributed by atoms with Gasteiger partial charge in [0.05, 0.1) is 4.90 Å². The molecule has 174 valence electrons. The lowest BCUT2D eigenvalue weighted by Gasteiger charge is -2.06. The summed E-state index contributed by atoms with van der Waals surface area (Å²) in [6, 6.07) is 24.7. The summed E-state index contributed by atoms with van der Waals surface area (Å²) in [5, 5.41) is 5.79. The second kappa shape index (κ2) is 9.03. The number of sulfone groups is 1. The number of aromatic nitrogens is 2. The molecule has 0 atom stereocenters. The zero-order valence-electron chi connectivity index (χ0n) is 18.6. The molecule has 5 aromatic rings. The summed E-state index contributed by atoms with van der Waals surface area (Å²) in [7, 11) is -3.34. The lowest BCUT2D eigenvalue weighted by molar-refractivity contribution is 0.102. The third-order valence-electron chi connectivity index (χ3n) is 5.29. The number of carbonyl (C=O) groups is 1. The highest BCUT2D eigenvalue weighted by Crippen LogP contribution is 2.32. The Kier molecular flexibility index (Phi) is 5.76. The summed E-state index contributed by atoms with van der Waals surface area (Å²) in [5.41, 5.74) is 3.92. The Morgan fingerprint density at radius 3 is 2.46 bits per heavy atom. The van der Waals surface area contributed by atoms with E-state index in [4.69, 9.17) is 4.42 Å². The summed E-state index contributed by atoms with van der Waals surface area (Å²) in [6.45, 7) is 0. The maximum atomic E-state index is 12.5. The van der Waals surface area contributed by atoms with Gasteiger partial charge in [0.2, 0.25) is 0 Å². The number of nitrogens with zero attached hydrogens (tertiary/aromatic N) is 2. The molecule has 0 fully saturated rings. The van der Waals surface area contributed by atoms with Gasteiger partial charge in [-0.2, -0.15) is 4.98 Å². The second-order valence-electron chi connectivity index (χ2n) is 7.84. The number of carbonyl (C=O) groups excluding carboxylic acids is 1. The number of nitrogens with one attached hydrogen (secondary N) is 2. The van der Waals surface area contributed by atoms with Crippen molar-refractivity contribution >= 4 is 44.4 Å². The van der Waals surface area contributed by atoms with Crippen molar-refractivity contribution in [3.8, 4) is 11.1 Å². The van der Waals surface area contributed by atoms with Crippen LogP contribution in [0.25, 0.3) is 22.2 Å². The van der Waals surface area contributed by atoms with E-state index >= 15 is 0 Å². The maximum Gasteiger partial charge on any atom is 0.300 e. The van der Waals surface area contributed by atoms with Crippen molar-refractivity contribution < 1.29 is 17.6 Å². The van der Waals surface area contributed by atoms with E-state index in [-0.39, 0.29) is 16.8 Å². The van der Waals surface area contributed by atoms with Gasteiger partial charge in [0.15, 0.2) is 15.4 Å². The van der Waals surface area contributed by atoms with Gasteiger partial charge in [-0.05, 0) is 54.1 Å². The molecular weight excluding hydrogens is 464 g/mol. The van der Waals surface area contributed by atoms with Crippen LogP contribution >= 0.6 is 0 Å². The molecule has 2 N–H and O–H groups in total. The second-order valence-corrected chi connectivity index (χ2v) is 9.86. The van der Waals surface area contributed by atoms with Gasteiger partial charge in [0.1, 0.15) is 11.3 Å². The number of rotatable bonds is 6. The van der Waals surface area contributed by atoms with Crippen molar-refractivity contribution in [1.29, 1.82) is 0 Å².